The van der Waals surface area contributed by atoms with E-state index in [2.05, 4.69) is 0 Å². The van der Waals surface area contributed by atoms with E-state index < -0.39 is 269 Å². The fourth-order valence-corrected chi connectivity index (χ4v) is 7.19. The predicted molar refractivity (Wildman–Crippen MR) is 255 cm³/mol. The van der Waals surface area contributed by atoms with Gasteiger partial charge in [-0.1, -0.05) is 181 Å². The Labute approximate surface area is 390 Å². The van der Waals surface area contributed by atoms with E-state index in [1.165, 1.54) is 18.2 Å². The molecule has 1 aromatic heterocycles. The van der Waals surface area contributed by atoms with Gasteiger partial charge in [-0.15, -0.1) is 0 Å². The Morgan fingerprint density at radius 3 is 1.42 bits per heavy atom. The van der Waals surface area contributed by atoms with Crippen LogP contribution < -0.4 is 4.90 Å². The summed E-state index contributed by atoms with van der Waals surface area (Å²) in [5, 5.41) is -3.78. The fourth-order valence-electron chi connectivity index (χ4n) is 7.19. The first-order valence-corrected chi connectivity index (χ1v) is 18.2. The molecule has 0 spiro atoms. The Bertz CT molecular complexity index is 5300. The van der Waals surface area contributed by atoms with E-state index in [0.29, 0.717) is 5.39 Å². The second-order valence-electron chi connectivity index (χ2n) is 13.3. The molecule has 0 atom stereocenters. The molecular formula is C58H37NO. The zero-order chi connectivity index (χ0) is 65.7. The lowest BCUT2D eigenvalue weighted by Crippen LogP contribution is -2.10. The zero-order valence-corrected chi connectivity index (χ0v) is 30.4. The first-order valence-electron chi connectivity index (χ1n) is 33.2. The molecule has 1 heterocycles. The van der Waals surface area contributed by atoms with Gasteiger partial charge < -0.3 is 9.32 Å². The monoisotopic (exact) mass is 793 g/mol. The Kier molecular flexibility index (Phi) is 3.62. The molecule has 0 unspecified atom stereocenters. The summed E-state index contributed by atoms with van der Waals surface area (Å²) in [5.41, 5.74) is -6.12. The van der Waals surface area contributed by atoms with E-state index in [1.807, 2.05) is 0 Å². The van der Waals surface area contributed by atoms with Crippen LogP contribution in [0.4, 0.5) is 17.1 Å². The minimum absolute atomic E-state index is 0.122. The number of para-hydroxylation sites is 1. The molecule has 60 heavy (non-hydrogen) atoms. The summed E-state index contributed by atoms with van der Waals surface area (Å²) in [5.74, 6) is 0. The Balaban J connectivity index is 1.15. The minimum Gasteiger partial charge on any atom is -0.456 e. The molecule has 0 N–H and O–H groups in total. The summed E-state index contributed by atoms with van der Waals surface area (Å²) >= 11 is 0. The smallest absolute Gasteiger partial charge is 0.137 e. The summed E-state index contributed by atoms with van der Waals surface area (Å²) in [6.45, 7) is 0. The average Bonchev–Trinajstić information content (AvgIpc) is 0.947. The van der Waals surface area contributed by atoms with Gasteiger partial charge >= 0.3 is 0 Å². The maximum Gasteiger partial charge on any atom is 0.137 e. The number of anilines is 3. The second kappa shape index (κ2) is 13.9. The van der Waals surface area contributed by atoms with Crippen molar-refractivity contribution >= 4 is 82.1 Å². The molecule has 12 aromatic rings. The standard InChI is InChI=1S/C58H37NO/c1-3-12-46-40(10-1)30-36-52-48(15-7-17-50(46)52)42-24-22-38(23-25-42)39-26-32-44(33-27-39)59(55-19-9-21-57-58(55)54-14-5-6-20-56(54)60-57)45-34-28-43(29-35-45)49-16-8-18-51-47-13-4-2-11-41(47)31-37-53(49)51/h1-37H/i1D,2D,3D,4D,7D,8D,10D,11D,12D,13D,15D,16D,17D,18D,22D,23D,24D,25D,26D,27D,28D,29D,30D,31D,32D,33D,34D,35D,36D,37D. The first-order chi connectivity index (χ1) is 42.3. The number of benzene rings is 11. The summed E-state index contributed by atoms with van der Waals surface area (Å²) in [7, 11) is 0. The molecule has 2 heteroatoms. The molecule has 0 aliphatic rings. The summed E-state index contributed by atoms with van der Waals surface area (Å²) < 4.78 is 280. The molecule has 0 saturated carbocycles. The van der Waals surface area contributed by atoms with Crippen molar-refractivity contribution in [2.75, 3.05) is 4.90 Å². The van der Waals surface area contributed by atoms with Crippen molar-refractivity contribution < 1.29 is 45.5 Å². The van der Waals surface area contributed by atoms with Crippen LogP contribution in [0.1, 0.15) is 41.1 Å². The molecule has 0 amide bonds. The van der Waals surface area contributed by atoms with Crippen molar-refractivity contribution in [3.05, 3.63) is 224 Å². The van der Waals surface area contributed by atoms with Crippen LogP contribution in [0.25, 0.3) is 98.4 Å². The van der Waals surface area contributed by atoms with Gasteiger partial charge in [-0.25, -0.2) is 0 Å². The Morgan fingerprint density at radius 2 is 0.817 bits per heavy atom. The number of fused-ring (bicyclic) bond motifs is 9. The van der Waals surface area contributed by atoms with Crippen LogP contribution in [0.5, 0.6) is 0 Å². The van der Waals surface area contributed by atoms with E-state index >= 15 is 0 Å². The van der Waals surface area contributed by atoms with E-state index in [9.17, 15) is 19.2 Å². The summed E-state index contributed by atoms with van der Waals surface area (Å²) in [6.07, 6.45) is 0. The zero-order valence-electron chi connectivity index (χ0n) is 60.4. The molecule has 0 radical (unpaired) electrons. The topological polar surface area (TPSA) is 16.4 Å². The van der Waals surface area contributed by atoms with Gasteiger partial charge in [0.15, 0.2) is 0 Å². The van der Waals surface area contributed by atoms with Crippen molar-refractivity contribution in [3.63, 3.8) is 0 Å². The summed E-state index contributed by atoms with van der Waals surface area (Å²) in [4.78, 5) is 0.875. The highest BCUT2D eigenvalue weighted by Gasteiger charge is 2.20. The molecule has 280 valence electrons. The van der Waals surface area contributed by atoms with Gasteiger partial charge in [-0.05, 0) is 119 Å². The molecule has 0 saturated heterocycles. The molecule has 0 aliphatic carbocycles. The number of nitrogens with zero attached hydrogens (tertiary/aromatic N) is 1. The third-order valence-corrected chi connectivity index (χ3v) is 9.92. The maximum absolute atomic E-state index is 9.83. The van der Waals surface area contributed by atoms with Gasteiger partial charge in [0.2, 0.25) is 0 Å². The minimum atomic E-state index is -1.08. The van der Waals surface area contributed by atoms with Crippen molar-refractivity contribution in [2.24, 2.45) is 0 Å². The number of hydrogen-bond donors (Lipinski definition) is 0. The molecule has 0 aliphatic heterocycles. The van der Waals surface area contributed by atoms with Crippen LogP contribution in [0.3, 0.4) is 0 Å². The predicted octanol–water partition coefficient (Wildman–Crippen LogP) is 16.7. The molecule has 0 fully saturated rings. The molecule has 12 rings (SSSR count). The van der Waals surface area contributed by atoms with Crippen LogP contribution in [0, 0.1) is 0 Å². The molecular weight excluding hydrogens is 727 g/mol. The molecule has 2 nitrogen and oxygen atoms in total. The van der Waals surface area contributed by atoms with Crippen molar-refractivity contribution in [3.8, 4) is 33.4 Å². The van der Waals surface area contributed by atoms with Crippen molar-refractivity contribution in [2.45, 2.75) is 0 Å². The van der Waals surface area contributed by atoms with Crippen LogP contribution in [-0.4, -0.2) is 0 Å². The number of rotatable bonds is 6. The Hall–Kier alpha value is -7.94. The SMILES string of the molecule is [2H]c1c([2H])c(-c2c([2H])c([2H])c([2H])c3c2c([2H])c([2H])c2c([2H])c([2H])c([2H])c([2H])c23)c([2H])c([2H])c1-c1c([2H])c([2H])c(N(c2c([2H])c([2H])c(-c3c([2H])c([2H])c([2H])c4c3c([2H])c([2H])c3c([2H])c([2H])c([2H])c([2H])c34)c([2H])c2[2H])c2cccc3oc4ccccc4c23)c([2H])c1[2H]. The van der Waals surface area contributed by atoms with Gasteiger partial charge in [-0.3, -0.25) is 0 Å². The normalized spacial score (nSPS) is 18.7. The van der Waals surface area contributed by atoms with Gasteiger partial charge in [-0.2, -0.15) is 0 Å². The first kappa shape index (κ1) is 15.7. The molecule has 11 aromatic carbocycles. The molecule has 0 bridgehead atoms. The van der Waals surface area contributed by atoms with E-state index in [4.69, 9.17) is 26.3 Å². The highest BCUT2D eigenvalue weighted by molar-refractivity contribution is 6.15. The van der Waals surface area contributed by atoms with Crippen molar-refractivity contribution in [1.29, 1.82) is 0 Å². The number of hydrogen-bond acceptors (Lipinski definition) is 2. The lowest BCUT2D eigenvalue weighted by molar-refractivity contribution is 0.669. The quantitative estimate of drug-likeness (QED) is 0.156. The Morgan fingerprint density at radius 1 is 0.333 bits per heavy atom. The van der Waals surface area contributed by atoms with Crippen LogP contribution in [0.15, 0.2) is 228 Å². The van der Waals surface area contributed by atoms with Crippen LogP contribution in [0.2, 0.25) is 0 Å². The van der Waals surface area contributed by atoms with E-state index in [1.54, 1.807) is 24.3 Å². The van der Waals surface area contributed by atoms with Gasteiger partial charge in [0.25, 0.3) is 0 Å². The van der Waals surface area contributed by atoms with Gasteiger partial charge in [0.1, 0.15) is 11.2 Å². The lowest BCUT2D eigenvalue weighted by Gasteiger charge is -2.26. The number of furan rings is 1. The average molecular weight is 794 g/mol. The fraction of sp³-hybridized carbons (Fsp3) is 0. The summed E-state index contributed by atoms with van der Waals surface area (Å²) in [6, 6.07) is -16.9. The third kappa shape index (κ3) is 5.57. The third-order valence-electron chi connectivity index (χ3n) is 9.92. The van der Waals surface area contributed by atoms with Crippen LogP contribution in [-0.2, 0) is 0 Å². The van der Waals surface area contributed by atoms with E-state index in [-0.39, 0.29) is 22.2 Å². The van der Waals surface area contributed by atoms with Crippen molar-refractivity contribution in [1.82, 2.24) is 0 Å². The van der Waals surface area contributed by atoms with Gasteiger partial charge in [0, 0.05) is 16.8 Å². The van der Waals surface area contributed by atoms with Gasteiger partial charge in [0.05, 0.1) is 52.2 Å². The highest BCUT2D eigenvalue weighted by atomic mass is 16.3. The maximum atomic E-state index is 9.83. The van der Waals surface area contributed by atoms with Crippen LogP contribution >= 0.6 is 0 Å². The lowest BCUT2D eigenvalue weighted by atomic mass is 9.93. The largest absolute Gasteiger partial charge is 0.456 e. The van der Waals surface area contributed by atoms with E-state index in [0.717, 1.165) is 4.90 Å². The highest BCUT2D eigenvalue weighted by Crippen LogP contribution is 2.44. The second-order valence-corrected chi connectivity index (χ2v) is 13.3.